The Morgan fingerprint density at radius 1 is 1.60 bits per heavy atom. The largest absolute Gasteiger partial charge is 0.481 e. The van der Waals surface area contributed by atoms with Gasteiger partial charge in [-0.15, -0.1) is 0 Å². The summed E-state index contributed by atoms with van der Waals surface area (Å²) in [6.07, 6.45) is 6.54. The number of aliphatic carboxylic acids is 1. The fourth-order valence-electron chi connectivity index (χ4n) is 1.21. The van der Waals surface area contributed by atoms with Gasteiger partial charge in [0.1, 0.15) is 5.52 Å². The number of carbonyl (C=O) groups is 1. The molecule has 0 aliphatic rings. The fourth-order valence-corrected chi connectivity index (χ4v) is 1.21. The molecule has 0 saturated heterocycles. The lowest BCUT2D eigenvalue weighted by Crippen LogP contribution is -1.90. The third-order valence-corrected chi connectivity index (χ3v) is 1.86. The zero-order valence-corrected chi connectivity index (χ0v) is 7.84. The minimum absolute atomic E-state index is 0.00709. The van der Waals surface area contributed by atoms with Gasteiger partial charge in [0.15, 0.2) is 5.65 Å². The van der Waals surface area contributed by atoms with Crippen LogP contribution in [0.1, 0.15) is 12.1 Å². The van der Waals surface area contributed by atoms with Gasteiger partial charge in [-0.25, -0.2) is 9.97 Å². The van der Waals surface area contributed by atoms with Crippen LogP contribution in [0.15, 0.2) is 24.5 Å². The van der Waals surface area contributed by atoms with E-state index in [1.165, 1.54) is 0 Å². The minimum Gasteiger partial charge on any atom is -0.481 e. The molecule has 15 heavy (non-hydrogen) atoms. The quantitative estimate of drug-likeness (QED) is 0.791. The summed E-state index contributed by atoms with van der Waals surface area (Å²) in [4.78, 5) is 21.6. The number of aromatic nitrogens is 3. The molecule has 0 radical (unpaired) electrons. The van der Waals surface area contributed by atoms with Crippen molar-refractivity contribution in [1.82, 2.24) is 15.0 Å². The smallest absolute Gasteiger partial charge is 0.307 e. The number of H-pyrrole nitrogens is 1. The number of carboxylic acid groups (broad SMARTS) is 1. The van der Waals surface area contributed by atoms with E-state index in [1.54, 1.807) is 24.5 Å². The van der Waals surface area contributed by atoms with Crippen LogP contribution in [0, 0.1) is 0 Å². The van der Waals surface area contributed by atoms with E-state index in [0.717, 1.165) is 11.2 Å². The Hall–Kier alpha value is -2.17. The van der Waals surface area contributed by atoms with E-state index in [1.807, 2.05) is 6.07 Å². The van der Waals surface area contributed by atoms with Gasteiger partial charge in [-0.2, -0.15) is 0 Å². The van der Waals surface area contributed by atoms with Gasteiger partial charge in [-0.1, -0.05) is 6.08 Å². The van der Waals surface area contributed by atoms with Crippen LogP contribution in [0.2, 0.25) is 0 Å². The number of aromatic amines is 1. The molecule has 2 aromatic heterocycles. The highest BCUT2D eigenvalue weighted by Gasteiger charge is 1.97. The van der Waals surface area contributed by atoms with Gasteiger partial charge in [0, 0.05) is 6.20 Å². The number of rotatable bonds is 3. The summed E-state index contributed by atoms with van der Waals surface area (Å²) in [6, 6.07) is 1.82. The second-order valence-electron chi connectivity index (χ2n) is 3.01. The standard InChI is InChI=1S/C10H9N3O2/c14-9(15)3-1-2-7-6-12-10-8(13-7)4-5-11-10/h1-2,4-6H,3H2,(H,11,12)(H,14,15). The molecule has 0 amide bonds. The molecular formula is C10H9N3O2. The van der Waals surface area contributed by atoms with Crippen molar-refractivity contribution in [1.29, 1.82) is 0 Å². The van der Waals surface area contributed by atoms with Crippen molar-refractivity contribution in [2.24, 2.45) is 0 Å². The third kappa shape index (κ3) is 2.19. The average Bonchev–Trinajstić information content (AvgIpc) is 2.64. The zero-order valence-electron chi connectivity index (χ0n) is 7.84. The van der Waals surface area contributed by atoms with Crippen LogP contribution >= 0.6 is 0 Å². The average molecular weight is 203 g/mol. The van der Waals surface area contributed by atoms with Crippen molar-refractivity contribution < 1.29 is 9.90 Å². The predicted molar refractivity (Wildman–Crippen MR) is 55.2 cm³/mol. The Kier molecular flexibility index (Phi) is 2.45. The van der Waals surface area contributed by atoms with E-state index in [4.69, 9.17) is 5.11 Å². The molecule has 0 aliphatic carbocycles. The number of fused-ring (bicyclic) bond motifs is 1. The van der Waals surface area contributed by atoms with Crippen LogP contribution in [0.4, 0.5) is 0 Å². The van der Waals surface area contributed by atoms with Crippen molar-refractivity contribution >= 4 is 23.2 Å². The monoisotopic (exact) mass is 203 g/mol. The van der Waals surface area contributed by atoms with E-state index in [2.05, 4.69) is 15.0 Å². The number of hydrogen-bond donors (Lipinski definition) is 2. The van der Waals surface area contributed by atoms with Crippen molar-refractivity contribution in [3.8, 4) is 0 Å². The Balaban J connectivity index is 2.21. The number of nitrogens with zero attached hydrogens (tertiary/aromatic N) is 2. The van der Waals surface area contributed by atoms with Crippen molar-refractivity contribution in [3.63, 3.8) is 0 Å². The SMILES string of the molecule is O=C(O)CC=Cc1cnc2[nH]ccc2n1. The normalized spacial score (nSPS) is 11.2. The van der Waals surface area contributed by atoms with Gasteiger partial charge in [0.05, 0.1) is 18.3 Å². The van der Waals surface area contributed by atoms with Crippen LogP contribution in [-0.4, -0.2) is 26.0 Å². The van der Waals surface area contributed by atoms with Crippen LogP contribution in [0.5, 0.6) is 0 Å². The lowest BCUT2D eigenvalue weighted by molar-refractivity contribution is -0.135. The van der Waals surface area contributed by atoms with E-state index in [9.17, 15) is 4.79 Å². The van der Waals surface area contributed by atoms with Gasteiger partial charge < -0.3 is 10.1 Å². The lowest BCUT2D eigenvalue weighted by Gasteiger charge is -1.92. The maximum absolute atomic E-state index is 10.3. The van der Waals surface area contributed by atoms with Crippen molar-refractivity contribution in [3.05, 3.63) is 30.2 Å². The highest BCUT2D eigenvalue weighted by Crippen LogP contribution is 2.07. The fraction of sp³-hybridized carbons (Fsp3) is 0.100. The maximum atomic E-state index is 10.3. The molecule has 0 aromatic carbocycles. The van der Waals surface area contributed by atoms with Crippen LogP contribution < -0.4 is 0 Å². The van der Waals surface area contributed by atoms with Crippen LogP contribution in [0.3, 0.4) is 0 Å². The molecule has 0 aliphatic heterocycles. The molecule has 0 bridgehead atoms. The first-order valence-electron chi connectivity index (χ1n) is 4.44. The molecule has 0 atom stereocenters. The van der Waals surface area contributed by atoms with Gasteiger partial charge in [-0.3, -0.25) is 4.79 Å². The summed E-state index contributed by atoms with van der Waals surface area (Å²) < 4.78 is 0. The Labute approximate surface area is 85.5 Å². The number of carboxylic acids is 1. The lowest BCUT2D eigenvalue weighted by atomic mass is 10.3. The van der Waals surface area contributed by atoms with Crippen LogP contribution in [-0.2, 0) is 4.79 Å². The highest BCUT2D eigenvalue weighted by atomic mass is 16.4. The summed E-state index contributed by atoms with van der Waals surface area (Å²) in [5.74, 6) is -0.859. The molecule has 2 N–H and O–H groups in total. The van der Waals surface area contributed by atoms with Crippen LogP contribution in [0.25, 0.3) is 17.2 Å². The van der Waals surface area contributed by atoms with E-state index in [-0.39, 0.29) is 6.42 Å². The third-order valence-electron chi connectivity index (χ3n) is 1.86. The molecular weight excluding hydrogens is 194 g/mol. The summed E-state index contributed by atoms with van der Waals surface area (Å²) in [5.41, 5.74) is 2.15. The first-order valence-corrected chi connectivity index (χ1v) is 4.44. The Bertz CT molecular complexity index is 516. The molecule has 2 rings (SSSR count). The van der Waals surface area contributed by atoms with E-state index < -0.39 is 5.97 Å². The van der Waals surface area contributed by atoms with Gasteiger partial charge in [-0.05, 0) is 12.1 Å². The second kappa shape index (κ2) is 3.91. The molecule has 0 saturated carbocycles. The van der Waals surface area contributed by atoms with Crippen molar-refractivity contribution in [2.75, 3.05) is 0 Å². The predicted octanol–water partition coefficient (Wildman–Crippen LogP) is 1.45. The van der Waals surface area contributed by atoms with Gasteiger partial charge in [0.25, 0.3) is 0 Å². The van der Waals surface area contributed by atoms with Gasteiger partial charge >= 0.3 is 5.97 Å². The molecule has 5 heteroatoms. The summed E-state index contributed by atoms with van der Waals surface area (Å²) in [7, 11) is 0. The Morgan fingerprint density at radius 2 is 2.47 bits per heavy atom. The Morgan fingerprint density at radius 3 is 3.27 bits per heavy atom. The summed E-state index contributed by atoms with van der Waals surface area (Å²) in [6.45, 7) is 0. The topological polar surface area (TPSA) is 78.9 Å². The minimum atomic E-state index is -0.859. The van der Waals surface area contributed by atoms with E-state index in [0.29, 0.717) is 5.69 Å². The molecule has 0 unspecified atom stereocenters. The molecule has 0 fully saturated rings. The molecule has 0 spiro atoms. The number of hydrogen-bond acceptors (Lipinski definition) is 3. The van der Waals surface area contributed by atoms with Gasteiger partial charge in [0.2, 0.25) is 0 Å². The maximum Gasteiger partial charge on any atom is 0.307 e. The molecule has 5 nitrogen and oxygen atoms in total. The molecule has 2 heterocycles. The molecule has 2 aromatic rings. The molecule has 76 valence electrons. The number of nitrogens with one attached hydrogen (secondary N) is 1. The first kappa shape index (κ1) is 9.39. The van der Waals surface area contributed by atoms with Crippen molar-refractivity contribution in [2.45, 2.75) is 6.42 Å². The zero-order chi connectivity index (χ0) is 10.7. The first-order chi connectivity index (χ1) is 7.25. The highest BCUT2D eigenvalue weighted by molar-refractivity contribution is 5.72. The van der Waals surface area contributed by atoms with E-state index >= 15 is 0 Å². The second-order valence-corrected chi connectivity index (χ2v) is 3.01. The summed E-state index contributed by atoms with van der Waals surface area (Å²) in [5, 5.41) is 8.44. The summed E-state index contributed by atoms with van der Waals surface area (Å²) >= 11 is 0.